The highest BCUT2D eigenvalue weighted by Gasteiger charge is 2.38. The molecule has 5 rings (SSSR count). The molecule has 2 saturated heterocycles. The van der Waals surface area contributed by atoms with E-state index in [1.54, 1.807) is 7.05 Å². The highest BCUT2D eigenvalue weighted by Crippen LogP contribution is 2.29. The standard InChI is InChI=1S/C22H28N8O2S/c1-14(2)19-23-22(33-26-19)29-11-8-16(9-12-29)30-13-10-18(21(30)31)32-17-6-4-15(5-7-17)20-24-27-28(3)25-20/h4-7,14,16,18H,8-13H2,1-3H3. The normalized spacial score (nSPS) is 19.6. The highest BCUT2D eigenvalue weighted by molar-refractivity contribution is 7.09. The van der Waals surface area contributed by atoms with Gasteiger partial charge in [-0.25, -0.2) is 4.98 Å². The Morgan fingerprint density at radius 1 is 1.09 bits per heavy atom. The van der Waals surface area contributed by atoms with Crippen molar-refractivity contribution in [1.29, 1.82) is 0 Å². The van der Waals surface area contributed by atoms with Gasteiger partial charge in [0.1, 0.15) is 11.6 Å². The maximum atomic E-state index is 13.1. The van der Waals surface area contributed by atoms with Crippen LogP contribution >= 0.6 is 11.5 Å². The number of carbonyl (C=O) groups excluding carboxylic acids is 1. The number of nitrogens with zero attached hydrogens (tertiary/aromatic N) is 8. The Balaban J connectivity index is 1.15. The summed E-state index contributed by atoms with van der Waals surface area (Å²) >= 11 is 1.47. The monoisotopic (exact) mass is 468 g/mol. The van der Waals surface area contributed by atoms with Crippen molar-refractivity contribution in [3.8, 4) is 17.1 Å². The number of likely N-dealkylation sites (tertiary alicyclic amines) is 1. The van der Waals surface area contributed by atoms with Gasteiger partial charge in [-0.15, -0.1) is 10.2 Å². The molecular formula is C22H28N8O2S. The lowest BCUT2D eigenvalue weighted by Crippen LogP contribution is -2.47. The Morgan fingerprint density at radius 3 is 2.48 bits per heavy atom. The minimum atomic E-state index is -0.430. The molecule has 0 saturated carbocycles. The van der Waals surface area contributed by atoms with Gasteiger partial charge in [-0.05, 0) is 42.3 Å². The molecule has 0 N–H and O–H groups in total. The average Bonchev–Trinajstić information content (AvgIpc) is 3.56. The lowest BCUT2D eigenvalue weighted by molar-refractivity contribution is -0.135. The van der Waals surface area contributed by atoms with Crippen molar-refractivity contribution in [3.05, 3.63) is 30.1 Å². The first-order valence-corrected chi connectivity index (χ1v) is 12.2. The number of rotatable bonds is 6. The minimum absolute atomic E-state index is 0.0890. The van der Waals surface area contributed by atoms with Crippen molar-refractivity contribution in [2.24, 2.45) is 7.05 Å². The Hall–Kier alpha value is -3.08. The van der Waals surface area contributed by atoms with E-state index in [4.69, 9.17) is 4.74 Å². The molecule has 0 spiro atoms. The molecule has 0 aliphatic carbocycles. The molecule has 3 aromatic rings. The Kier molecular flexibility index (Phi) is 5.96. The van der Waals surface area contributed by atoms with Gasteiger partial charge in [0.15, 0.2) is 6.10 Å². The molecule has 1 unspecified atom stereocenters. The third-order valence-corrected chi connectivity index (χ3v) is 7.00. The molecule has 1 amide bonds. The van der Waals surface area contributed by atoms with Gasteiger partial charge in [0.05, 0.1) is 7.05 Å². The zero-order valence-corrected chi connectivity index (χ0v) is 19.9. The number of tetrazole rings is 1. The van der Waals surface area contributed by atoms with Gasteiger partial charge in [-0.1, -0.05) is 13.8 Å². The Bertz CT molecular complexity index is 1100. The molecule has 11 heteroatoms. The number of hydrogen-bond acceptors (Lipinski definition) is 9. The third-order valence-electron chi connectivity index (χ3n) is 6.21. The lowest BCUT2D eigenvalue weighted by atomic mass is 10.0. The maximum Gasteiger partial charge on any atom is 0.263 e. The number of ether oxygens (including phenoxy) is 1. The Morgan fingerprint density at radius 2 is 1.85 bits per heavy atom. The van der Waals surface area contributed by atoms with Crippen LogP contribution in [0.15, 0.2) is 24.3 Å². The summed E-state index contributed by atoms with van der Waals surface area (Å²) < 4.78 is 10.5. The van der Waals surface area contributed by atoms with E-state index in [0.29, 0.717) is 23.9 Å². The largest absolute Gasteiger partial charge is 0.481 e. The van der Waals surface area contributed by atoms with Crippen LogP contribution in [0.1, 0.15) is 44.9 Å². The van der Waals surface area contributed by atoms with Crippen molar-refractivity contribution in [3.63, 3.8) is 0 Å². The van der Waals surface area contributed by atoms with Crippen LogP contribution in [0.2, 0.25) is 0 Å². The average molecular weight is 469 g/mol. The minimum Gasteiger partial charge on any atom is -0.481 e. The molecule has 2 fully saturated rings. The van der Waals surface area contributed by atoms with Gasteiger partial charge in [-0.2, -0.15) is 9.17 Å². The van der Waals surface area contributed by atoms with Gasteiger partial charge in [0, 0.05) is 55.1 Å². The number of amides is 1. The fourth-order valence-corrected chi connectivity index (χ4v) is 5.21. The molecule has 4 heterocycles. The quantitative estimate of drug-likeness (QED) is 0.544. The van der Waals surface area contributed by atoms with Crippen molar-refractivity contribution in [2.75, 3.05) is 24.5 Å². The molecule has 2 aliphatic heterocycles. The second-order valence-electron chi connectivity index (χ2n) is 8.86. The number of hydrogen-bond donors (Lipinski definition) is 0. The molecule has 10 nitrogen and oxygen atoms in total. The molecule has 2 aromatic heterocycles. The summed E-state index contributed by atoms with van der Waals surface area (Å²) in [6.45, 7) is 6.75. The van der Waals surface area contributed by atoms with Crippen molar-refractivity contribution in [2.45, 2.75) is 51.2 Å². The molecule has 1 atom stereocenters. The SMILES string of the molecule is CC(C)c1nsc(N2CCC(N3CCC(Oc4ccc(-c5nnn(C)n5)cc4)C3=O)CC2)n1. The fourth-order valence-electron chi connectivity index (χ4n) is 4.35. The first kappa shape index (κ1) is 21.7. The van der Waals surface area contributed by atoms with Gasteiger partial charge in [0.2, 0.25) is 11.0 Å². The van der Waals surface area contributed by atoms with E-state index in [-0.39, 0.29) is 11.9 Å². The van der Waals surface area contributed by atoms with E-state index in [9.17, 15) is 4.79 Å². The Labute approximate surface area is 196 Å². The number of benzene rings is 1. The fraction of sp³-hybridized carbons (Fsp3) is 0.545. The van der Waals surface area contributed by atoms with Crippen LogP contribution in [0.4, 0.5) is 5.13 Å². The second kappa shape index (κ2) is 9.05. The van der Waals surface area contributed by atoms with Gasteiger partial charge in [0.25, 0.3) is 5.91 Å². The summed E-state index contributed by atoms with van der Waals surface area (Å²) in [6.07, 6.45) is 2.16. The number of piperidine rings is 1. The van der Waals surface area contributed by atoms with Crippen LogP contribution < -0.4 is 9.64 Å². The number of carbonyl (C=O) groups is 1. The molecule has 0 bridgehead atoms. The third kappa shape index (κ3) is 4.54. The van der Waals surface area contributed by atoms with Gasteiger partial charge in [-0.3, -0.25) is 4.79 Å². The summed E-state index contributed by atoms with van der Waals surface area (Å²) in [5, 5.41) is 13.1. The van der Waals surface area contributed by atoms with E-state index < -0.39 is 6.10 Å². The van der Waals surface area contributed by atoms with Crippen LogP contribution in [0, 0.1) is 0 Å². The molecule has 0 radical (unpaired) electrons. The summed E-state index contributed by atoms with van der Waals surface area (Å²) in [7, 11) is 1.73. The predicted octanol–water partition coefficient (Wildman–Crippen LogP) is 2.50. The van der Waals surface area contributed by atoms with E-state index in [1.165, 1.54) is 16.3 Å². The smallest absolute Gasteiger partial charge is 0.263 e. The number of aryl methyl sites for hydroxylation is 1. The van der Waals surface area contributed by atoms with Crippen LogP contribution in [0.5, 0.6) is 5.75 Å². The zero-order valence-electron chi connectivity index (χ0n) is 19.1. The molecule has 33 heavy (non-hydrogen) atoms. The summed E-state index contributed by atoms with van der Waals surface area (Å²) in [6, 6.07) is 7.74. The van der Waals surface area contributed by atoms with Crippen molar-refractivity contribution < 1.29 is 9.53 Å². The van der Waals surface area contributed by atoms with Crippen LogP contribution in [0.25, 0.3) is 11.4 Å². The van der Waals surface area contributed by atoms with Gasteiger partial charge < -0.3 is 14.5 Å². The van der Waals surface area contributed by atoms with Crippen LogP contribution in [0.3, 0.4) is 0 Å². The van der Waals surface area contributed by atoms with Crippen molar-refractivity contribution in [1.82, 2.24) is 34.5 Å². The topological polar surface area (TPSA) is 102 Å². The highest BCUT2D eigenvalue weighted by atomic mass is 32.1. The number of aromatic nitrogens is 6. The summed E-state index contributed by atoms with van der Waals surface area (Å²) in [4.78, 5) is 23.5. The lowest BCUT2D eigenvalue weighted by Gasteiger charge is -2.36. The molecule has 2 aliphatic rings. The zero-order chi connectivity index (χ0) is 22.9. The molecule has 1 aromatic carbocycles. The predicted molar refractivity (Wildman–Crippen MR) is 124 cm³/mol. The summed E-state index contributed by atoms with van der Waals surface area (Å²) in [5.74, 6) is 2.58. The van der Waals surface area contributed by atoms with Crippen LogP contribution in [-0.4, -0.2) is 72.2 Å². The summed E-state index contributed by atoms with van der Waals surface area (Å²) in [5.41, 5.74) is 0.859. The molecular weight excluding hydrogens is 440 g/mol. The maximum absolute atomic E-state index is 13.1. The van der Waals surface area contributed by atoms with Gasteiger partial charge >= 0.3 is 0 Å². The number of anilines is 1. The van der Waals surface area contributed by atoms with Crippen LogP contribution in [-0.2, 0) is 11.8 Å². The van der Waals surface area contributed by atoms with E-state index in [0.717, 1.165) is 49.0 Å². The first-order valence-electron chi connectivity index (χ1n) is 11.4. The van der Waals surface area contributed by atoms with Crippen molar-refractivity contribution >= 4 is 22.6 Å². The molecule has 174 valence electrons. The second-order valence-corrected chi connectivity index (χ2v) is 9.59. The van der Waals surface area contributed by atoms with E-state index in [1.807, 2.05) is 29.2 Å². The van der Waals surface area contributed by atoms with E-state index >= 15 is 0 Å². The first-order chi connectivity index (χ1) is 16.0. The van der Waals surface area contributed by atoms with E-state index in [2.05, 4.69) is 43.5 Å².